The molecule has 0 saturated carbocycles. The molecule has 0 atom stereocenters. The molecule has 0 amide bonds. The topological polar surface area (TPSA) is 62.4 Å². The van der Waals surface area contributed by atoms with Crippen LogP contribution in [-0.4, -0.2) is 32.6 Å². The van der Waals surface area contributed by atoms with E-state index < -0.39 is 0 Å². The molecular weight excluding hydrogens is 290 g/mol. The maximum Gasteiger partial charge on any atom is 0.338 e. The predicted molar refractivity (Wildman–Crippen MR) is 94.1 cm³/mol. The highest BCUT2D eigenvalue weighted by atomic mass is 16.5. The number of carbonyl (C=O) groups is 1. The first-order chi connectivity index (χ1) is 11.3. The molecule has 130 valence electrons. The number of esters is 1. The molecule has 1 aromatic carbocycles. The van der Waals surface area contributed by atoms with Crippen molar-refractivity contribution < 1.29 is 9.53 Å². The Morgan fingerprint density at radius 3 is 2.04 bits per heavy atom. The SMILES string of the molecule is C1NCNCN1.CCCCCCCCOC(=O)c1ccccc1. The standard InChI is InChI=1S/C15H22O2.C3H9N3/c1-2-3-4-5-6-10-13-17-15(16)14-11-8-7-9-12-14;1-4-2-6-3-5-1/h7-9,11-12H,2-6,10,13H2,1H3;4-6H,1-3H2. The van der Waals surface area contributed by atoms with Gasteiger partial charge >= 0.3 is 5.97 Å². The van der Waals surface area contributed by atoms with Crippen molar-refractivity contribution in [3.8, 4) is 0 Å². The molecule has 1 saturated heterocycles. The number of unbranched alkanes of at least 4 members (excludes halogenated alkanes) is 5. The van der Waals surface area contributed by atoms with Crippen LogP contribution in [-0.2, 0) is 4.74 Å². The first kappa shape index (κ1) is 19.6. The van der Waals surface area contributed by atoms with Gasteiger partial charge in [0, 0.05) is 20.0 Å². The zero-order valence-electron chi connectivity index (χ0n) is 14.3. The minimum Gasteiger partial charge on any atom is -0.462 e. The van der Waals surface area contributed by atoms with E-state index in [0.717, 1.165) is 32.8 Å². The van der Waals surface area contributed by atoms with Crippen LogP contribution in [0.25, 0.3) is 0 Å². The van der Waals surface area contributed by atoms with Gasteiger partial charge in [-0.25, -0.2) is 4.79 Å². The quantitative estimate of drug-likeness (QED) is 0.508. The van der Waals surface area contributed by atoms with E-state index >= 15 is 0 Å². The van der Waals surface area contributed by atoms with E-state index in [2.05, 4.69) is 22.9 Å². The number of carbonyl (C=O) groups excluding carboxylic acids is 1. The smallest absolute Gasteiger partial charge is 0.338 e. The second-order valence-electron chi connectivity index (χ2n) is 5.55. The van der Waals surface area contributed by atoms with Crippen LogP contribution >= 0.6 is 0 Å². The van der Waals surface area contributed by atoms with Gasteiger partial charge < -0.3 is 4.74 Å². The summed E-state index contributed by atoms with van der Waals surface area (Å²) in [5.74, 6) is -0.209. The molecule has 1 aliphatic heterocycles. The van der Waals surface area contributed by atoms with E-state index in [0.29, 0.717) is 12.2 Å². The fourth-order valence-electron chi connectivity index (χ4n) is 2.16. The Bertz CT molecular complexity index is 383. The van der Waals surface area contributed by atoms with Crippen LogP contribution in [0, 0.1) is 0 Å². The van der Waals surface area contributed by atoms with Gasteiger partial charge in [-0.05, 0) is 18.6 Å². The number of rotatable bonds is 8. The van der Waals surface area contributed by atoms with E-state index in [-0.39, 0.29) is 5.97 Å². The van der Waals surface area contributed by atoms with Gasteiger partial charge in [0.25, 0.3) is 0 Å². The minimum absolute atomic E-state index is 0.209. The summed E-state index contributed by atoms with van der Waals surface area (Å²) in [6.45, 7) is 5.56. The summed E-state index contributed by atoms with van der Waals surface area (Å²) < 4.78 is 5.20. The highest BCUT2D eigenvalue weighted by Crippen LogP contribution is 2.06. The number of nitrogens with one attached hydrogen (secondary N) is 3. The third-order valence-electron chi connectivity index (χ3n) is 3.49. The fourth-order valence-corrected chi connectivity index (χ4v) is 2.16. The first-order valence-electron chi connectivity index (χ1n) is 8.69. The molecular formula is C18H31N3O2. The molecule has 1 aromatic rings. The van der Waals surface area contributed by atoms with E-state index in [9.17, 15) is 4.79 Å². The Labute approximate surface area is 140 Å². The zero-order chi connectivity index (χ0) is 16.6. The Balaban J connectivity index is 0.000000366. The molecule has 2 rings (SSSR count). The third-order valence-corrected chi connectivity index (χ3v) is 3.49. The van der Waals surface area contributed by atoms with Gasteiger partial charge in [0.2, 0.25) is 0 Å². The van der Waals surface area contributed by atoms with Crippen LogP contribution in [0.3, 0.4) is 0 Å². The summed E-state index contributed by atoms with van der Waals surface area (Å²) in [6, 6.07) is 9.15. The largest absolute Gasteiger partial charge is 0.462 e. The molecule has 1 aliphatic rings. The van der Waals surface area contributed by atoms with Crippen molar-refractivity contribution in [2.75, 3.05) is 26.6 Å². The van der Waals surface area contributed by atoms with E-state index in [1.54, 1.807) is 12.1 Å². The average Bonchev–Trinajstić information content (AvgIpc) is 2.63. The summed E-state index contributed by atoms with van der Waals surface area (Å²) >= 11 is 0. The summed E-state index contributed by atoms with van der Waals surface area (Å²) in [4.78, 5) is 11.6. The molecule has 5 nitrogen and oxygen atoms in total. The van der Waals surface area contributed by atoms with E-state index in [1.807, 2.05) is 18.2 Å². The van der Waals surface area contributed by atoms with Crippen molar-refractivity contribution in [3.05, 3.63) is 35.9 Å². The van der Waals surface area contributed by atoms with Gasteiger partial charge in [0.1, 0.15) is 0 Å². The number of ether oxygens (including phenoxy) is 1. The van der Waals surface area contributed by atoms with Crippen molar-refractivity contribution in [2.45, 2.75) is 45.4 Å². The summed E-state index contributed by atoms with van der Waals surface area (Å²) in [5, 5.41) is 9.19. The van der Waals surface area contributed by atoms with E-state index in [1.165, 1.54) is 25.7 Å². The van der Waals surface area contributed by atoms with Crippen LogP contribution in [0.1, 0.15) is 55.8 Å². The fraction of sp³-hybridized carbons (Fsp3) is 0.611. The molecule has 23 heavy (non-hydrogen) atoms. The molecule has 0 spiro atoms. The molecule has 1 heterocycles. The van der Waals surface area contributed by atoms with Gasteiger partial charge in [-0.2, -0.15) is 0 Å². The van der Waals surface area contributed by atoms with Gasteiger partial charge in [0.05, 0.1) is 12.2 Å². The van der Waals surface area contributed by atoms with E-state index in [4.69, 9.17) is 4.74 Å². The molecule has 0 radical (unpaired) electrons. The second kappa shape index (κ2) is 14.2. The maximum absolute atomic E-state index is 11.6. The van der Waals surface area contributed by atoms with Crippen LogP contribution in [0.15, 0.2) is 30.3 Å². The van der Waals surface area contributed by atoms with Crippen LogP contribution in [0.5, 0.6) is 0 Å². The number of hydrogen-bond donors (Lipinski definition) is 3. The summed E-state index contributed by atoms with van der Waals surface area (Å²) in [7, 11) is 0. The Morgan fingerprint density at radius 2 is 1.48 bits per heavy atom. The lowest BCUT2D eigenvalue weighted by Gasteiger charge is -2.13. The van der Waals surface area contributed by atoms with Crippen molar-refractivity contribution >= 4 is 5.97 Å². The molecule has 0 unspecified atom stereocenters. The summed E-state index contributed by atoms with van der Waals surface area (Å²) in [6.07, 6.45) is 7.25. The van der Waals surface area contributed by atoms with Crippen molar-refractivity contribution in [1.82, 2.24) is 16.0 Å². The van der Waals surface area contributed by atoms with Crippen LogP contribution < -0.4 is 16.0 Å². The Kier molecular flexibility index (Phi) is 12.1. The van der Waals surface area contributed by atoms with Crippen molar-refractivity contribution in [3.63, 3.8) is 0 Å². The lowest BCUT2D eigenvalue weighted by atomic mass is 10.1. The number of hydrogen-bond acceptors (Lipinski definition) is 5. The van der Waals surface area contributed by atoms with Gasteiger partial charge in [0.15, 0.2) is 0 Å². The minimum atomic E-state index is -0.209. The molecule has 0 aromatic heterocycles. The maximum atomic E-state index is 11.6. The van der Waals surface area contributed by atoms with Gasteiger partial charge in [-0.15, -0.1) is 0 Å². The van der Waals surface area contributed by atoms with Crippen LogP contribution in [0.4, 0.5) is 0 Å². The Hall–Kier alpha value is -1.43. The first-order valence-corrected chi connectivity index (χ1v) is 8.69. The lowest BCUT2D eigenvalue weighted by molar-refractivity contribution is 0.0497. The number of benzene rings is 1. The predicted octanol–water partition coefficient (Wildman–Crippen LogP) is 2.85. The molecule has 0 bridgehead atoms. The molecule has 3 N–H and O–H groups in total. The molecule has 5 heteroatoms. The summed E-state index contributed by atoms with van der Waals surface area (Å²) in [5.41, 5.74) is 0.637. The van der Waals surface area contributed by atoms with Gasteiger partial charge in [-0.1, -0.05) is 57.2 Å². The normalized spacial score (nSPS) is 13.8. The zero-order valence-corrected chi connectivity index (χ0v) is 14.3. The molecule has 0 aliphatic carbocycles. The third kappa shape index (κ3) is 10.8. The lowest BCUT2D eigenvalue weighted by Crippen LogP contribution is -2.47. The Morgan fingerprint density at radius 1 is 0.913 bits per heavy atom. The highest BCUT2D eigenvalue weighted by molar-refractivity contribution is 5.89. The van der Waals surface area contributed by atoms with Crippen molar-refractivity contribution in [1.29, 1.82) is 0 Å². The average molecular weight is 321 g/mol. The molecule has 1 fully saturated rings. The second-order valence-corrected chi connectivity index (χ2v) is 5.55. The van der Waals surface area contributed by atoms with Crippen LogP contribution in [0.2, 0.25) is 0 Å². The van der Waals surface area contributed by atoms with Crippen molar-refractivity contribution in [2.24, 2.45) is 0 Å². The highest BCUT2D eigenvalue weighted by Gasteiger charge is 2.04. The van der Waals surface area contributed by atoms with Gasteiger partial charge in [-0.3, -0.25) is 16.0 Å². The monoisotopic (exact) mass is 321 g/mol.